The first-order valence-corrected chi connectivity index (χ1v) is 6.64. The average molecular weight is 302 g/mol. The van der Waals surface area contributed by atoms with Crippen LogP contribution in [0.5, 0.6) is 5.75 Å². The van der Waals surface area contributed by atoms with E-state index in [4.69, 9.17) is 9.84 Å². The van der Waals surface area contributed by atoms with Gasteiger partial charge in [-0.05, 0) is 23.3 Å². The number of amides is 1. The zero-order chi connectivity index (χ0) is 15.7. The minimum Gasteiger partial charge on any atom is -0.497 e. The van der Waals surface area contributed by atoms with Gasteiger partial charge in [0.1, 0.15) is 12.3 Å². The maximum Gasteiger partial charge on any atom is 0.325 e. The molecular weight excluding hydrogens is 288 g/mol. The van der Waals surface area contributed by atoms with Gasteiger partial charge in [-0.15, -0.1) is 5.10 Å². The van der Waals surface area contributed by atoms with Crippen LogP contribution in [0, 0.1) is 0 Å². The lowest BCUT2D eigenvalue weighted by Gasteiger charge is -2.12. The van der Waals surface area contributed by atoms with E-state index < -0.39 is 5.97 Å². The number of carboxylic acid groups (broad SMARTS) is 1. The minimum absolute atomic E-state index is 0.140. The number of benzene rings is 1. The van der Waals surface area contributed by atoms with Crippen molar-refractivity contribution in [3.63, 3.8) is 0 Å². The molecule has 8 nitrogen and oxygen atoms in total. The molecular formula is C14H14N4O4. The molecule has 22 heavy (non-hydrogen) atoms. The first-order chi connectivity index (χ1) is 10.6. The largest absolute Gasteiger partial charge is 0.497 e. The highest BCUT2D eigenvalue weighted by molar-refractivity contribution is 5.92. The molecule has 0 saturated heterocycles. The van der Waals surface area contributed by atoms with Gasteiger partial charge in [0.25, 0.3) is 5.91 Å². The molecule has 114 valence electrons. The molecule has 0 unspecified atom stereocenters. The summed E-state index contributed by atoms with van der Waals surface area (Å²) in [6.07, 6.45) is 1.35. The number of aromatic nitrogens is 3. The highest BCUT2D eigenvalue weighted by Gasteiger charge is 2.26. The summed E-state index contributed by atoms with van der Waals surface area (Å²) in [6.45, 7) is 0.638. The van der Waals surface area contributed by atoms with Crippen molar-refractivity contribution in [2.24, 2.45) is 0 Å². The first-order valence-electron chi connectivity index (χ1n) is 6.64. The normalized spacial score (nSPS) is 13.0. The van der Waals surface area contributed by atoms with Gasteiger partial charge in [0.05, 0.1) is 13.3 Å². The molecule has 0 atom stereocenters. The van der Waals surface area contributed by atoms with Crippen molar-refractivity contribution in [2.75, 3.05) is 7.11 Å². The number of hydrogen-bond donors (Lipinski definition) is 1. The third-order valence-electron chi connectivity index (χ3n) is 3.48. The lowest BCUT2D eigenvalue weighted by atomic mass is 10.1. The summed E-state index contributed by atoms with van der Waals surface area (Å²) in [5.74, 6) is -0.558. The van der Waals surface area contributed by atoms with Gasteiger partial charge in [0.2, 0.25) is 0 Å². The molecule has 8 heteroatoms. The minimum atomic E-state index is -1.04. The Hall–Kier alpha value is -2.90. The van der Waals surface area contributed by atoms with Crippen molar-refractivity contribution in [3.8, 4) is 5.75 Å². The van der Waals surface area contributed by atoms with E-state index in [0.717, 1.165) is 21.6 Å². The Kier molecular flexibility index (Phi) is 3.50. The van der Waals surface area contributed by atoms with E-state index in [1.807, 2.05) is 18.2 Å². The zero-order valence-corrected chi connectivity index (χ0v) is 11.9. The summed E-state index contributed by atoms with van der Waals surface area (Å²) < 4.78 is 6.30. The van der Waals surface area contributed by atoms with E-state index in [1.165, 1.54) is 6.20 Å². The van der Waals surface area contributed by atoms with Crippen LogP contribution in [0.25, 0.3) is 0 Å². The molecule has 3 rings (SSSR count). The highest BCUT2D eigenvalue weighted by atomic mass is 16.5. The highest BCUT2D eigenvalue weighted by Crippen LogP contribution is 2.27. The van der Waals surface area contributed by atoms with Crippen molar-refractivity contribution >= 4 is 11.9 Å². The third kappa shape index (κ3) is 2.62. The zero-order valence-electron chi connectivity index (χ0n) is 11.9. The summed E-state index contributed by atoms with van der Waals surface area (Å²) in [5.41, 5.74) is 2.23. The van der Waals surface area contributed by atoms with Crippen molar-refractivity contribution in [3.05, 3.63) is 41.2 Å². The molecule has 0 radical (unpaired) electrons. The van der Waals surface area contributed by atoms with Crippen LogP contribution in [0.15, 0.2) is 24.4 Å². The second-order valence-corrected chi connectivity index (χ2v) is 4.99. The smallest absolute Gasteiger partial charge is 0.325 e. The molecule has 2 heterocycles. The van der Waals surface area contributed by atoms with E-state index in [9.17, 15) is 9.59 Å². The van der Waals surface area contributed by atoms with Crippen molar-refractivity contribution in [1.82, 2.24) is 19.9 Å². The quantitative estimate of drug-likeness (QED) is 0.884. The van der Waals surface area contributed by atoms with Crippen LogP contribution < -0.4 is 4.74 Å². The van der Waals surface area contributed by atoms with Crippen molar-refractivity contribution in [2.45, 2.75) is 19.6 Å². The monoisotopic (exact) mass is 302 g/mol. The molecule has 1 aromatic heterocycles. The molecule has 0 spiro atoms. The SMILES string of the molecule is COc1ccc2c(c1)CN(C(=O)c1cn(CC(=O)O)nn1)C2. The average Bonchev–Trinajstić information content (AvgIpc) is 3.11. The number of carbonyl (C=O) groups is 2. The van der Waals surface area contributed by atoms with Crippen LogP contribution in [0.2, 0.25) is 0 Å². The van der Waals surface area contributed by atoms with Crippen molar-refractivity contribution < 1.29 is 19.4 Å². The number of nitrogens with zero attached hydrogens (tertiary/aromatic N) is 4. The fraction of sp³-hybridized carbons (Fsp3) is 0.286. The molecule has 1 aromatic carbocycles. The topological polar surface area (TPSA) is 97.5 Å². The Morgan fingerprint density at radius 1 is 1.32 bits per heavy atom. The Labute approximate surface area is 125 Å². The van der Waals surface area contributed by atoms with Crippen LogP contribution in [0.3, 0.4) is 0 Å². The number of methoxy groups -OCH3 is 1. The van der Waals surface area contributed by atoms with Crippen LogP contribution in [-0.4, -0.2) is 44.0 Å². The van der Waals surface area contributed by atoms with Crippen LogP contribution >= 0.6 is 0 Å². The molecule has 0 saturated carbocycles. The third-order valence-corrected chi connectivity index (χ3v) is 3.48. The fourth-order valence-electron chi connectivity index (χ4n) is 2.42. The number of aliphatic carboxylic acids is 1. The van der Waals surface area contributed by atoms with E-state index in [2.05, 4.69) is 10.3 Å². The van der Waals surface area contributed by atoms with Gasteiger partial charge in [-0.3, -0.25) is 9.59 Å². The fourth-order valence-corrected chi connectivity index (χ4v) is 2.42. The Bertz CT molecular complexity index is 740. The Morgan fingerprint density at radius 3 is 2.82 bits per heavy atom. The molecule has 1 aliphatic rings. The van der Waals surface area contributed by atoms with Gasteiger partial charge in [-0.2, -0.15) is 0 Å². The number of fused-ring (bicyclic) bond motifs is 1. The predicted octanol–water partition coefficient (Wildman–Crippen LogP) is 0.527. The van der Waals surface area contributed by atoms with Crippen LogP contribution in [-0.2, 0) is 24.4 Å². The lowest BCUT2D eigenvalue weighted by Crippen LogP contribution is -2.25. The number of hydrogen-bond acceptors (Lipinski definition) is 5. The summed E-state index contributed by atoms with van der Waals surface area (Å²) in [4.78, 5) is 24.7. The van der Waals surface area contributed by atoms with Gasteiger partial charge in [0.15, 0.2) is 5.69 Å². The van der Waals surface area contributed by atoms with Gasteiger partial charge in [-0.25, -0.2) is 4.68 Å². The number of carboxylic acids is 1. The second kappa shape index (κ2) is 5.47. The summed E-state index contributed by atoms with van der Waals surface area (Å²) in [6, 6.07) is 5.70. The number of ether oxygens (including phenoxy) is 1. The Balaban J connectivity index is 1.74. The van der Waals surface area contributed by atoms with E-state index in [-0.39, 0.29) is 18.1 Å². The molecule has 1 amide bonds. The molecule has 0 bridgehead atoms. The molecule has 1 N–H and O–H groups in total. The van der Waals surface area contributed by atoms with Crippen molar-refractivity contribution in [1.29, 1.82) is 0 Å². The van der Waals surface area contributed by atoms with E-state index >= 15 is 0 Å². The van der Waals surface area contributed by atoms with E-state index in [1.54, 1.807) is 12.0 Å². The maximum atomic E-state index is 12.4. The van der Waals surface area contributed by atoms with Crippen LogP contribution in [0.4, 0.5) is 0 Å². The predicted molar refractivity (Wildman–Crippen MR) is 74.2 cm³/mol. The Morgan fingerprint density at radius 2 is 2.09 bits per heavy atom. The standard InChI is InChI=1S/C14H14N4O4/c1-22-11-3-2-9-5-17(6-10(9)4-11)14(21)12-7-18(16-15-12)8-13(19)20/h2-4,7H,5-6,8H2,1H3,(H,19,20). The number of rotatable bonds is 4. The molecule has 2 aromatic rings. The van der Waals surface area contributed by atoms with Gasteiger partial charge in [-0.1, -0.05) is 11.3 Å². The second-order valence-electron chi connectivity index (χ2n) is 4.99. The van der Waals surface area contributed by atoms with E-state index in [0.29, 0.717) is 13.1 Å². The van der Waals surface area contributed by atoms with Gasteiger partial charge in [0, 0.05) is 13.1 Å². The molecule has 0 aliphatic carbocycles. The summed E-state index contributed by atoms with van der Waals surface area (Å²) >= 11 is 0. The molecule has 1 aliphatic heterocycles. The van der Waals surface area contributed by atoms with Gasteiger partial charge >= 0.3 is 5.97 Å². The van der Waals surface area contributed by atoms with Gasteiger partial charge < -0.3 is 14.7 Å². The van der Waals surface area contributed by atoms with Crippen LogP contribution in [0.1, 0.15) is 21.6 Å². The first kappa shape index (κ1) is 14.1. The number of carbonyl (C=O) groups excluding carboxylic acids is 1. The molecule has 0 fully saturated rings. The summed E-state index contributed by atoms with van der Waals surface area (Å²) in [7, 11) is 1.60. The summed E-state index contributed by atoms with van der Waals surface area (Å²) in [5, 5.41) is 16.1. The maximum absolute atomic E-state index is 12.4. The lowest BCUT2D eigenvalue weighted by molar-refractivity contribution is -0.137.